The van der Waals surface area contributed by atoms with Crippen molar-refractivity contribution in [2.24, 2.45) is 0 Å². The van der Waals surface area contributed by atoms with E-state index in [9.17, 15) is 9.59 Å². The van der Waals surface area contributed by atoms with E-state index in [1.807, 2.05) is 83.8 Å². The number of para-hydroxylation sites is 2. The number of benzene rings is 4. The Kier molecular flexibility index (Phi) is 7.27. The van der Waals surface area contributed by atoms with Crippen LogP contribution >= 0.6 is 0 Å². The number of anilines is 3. The van der Waals surface area contributed by atoms with Crippen molar-refractivity contribution in [3.63, 3.8) is 0 Å². The van der Waals surface area contributed by atoms with Crippen LogP contribution in [0.1, 0.15) is 33.6 Å². The molecule has 2 fully saturated rings. The van der Waals surface area contributed by atoms with Crippen LogP contribution in [-0.2, 0) is 0 Å². The van der Waals surface area contributed by atoms with Gasteiger partial charge in [-0.25, -0.2) is 0 Å². The molecule has 2 saturated heterocycles. The number of carbonyl (C=O) groups excluding carboxylic acids is 2. The molecule has 4 aromatic carbocycles. The van der Waals surface area contributed by atoms with Gasteiger partial charge in [-0.1, -0.05) is 48.5 Å². The number of nitrogens with one attached hydrogen (secondary N) is 1. The van der Waals surface area contributed by atoms with Gasteiger partial charge in [0.2, 0.25) is 0 Å². The van der Waals surface area contributed by atoms with E-state index >= 15 is 0 Å². The smallest absolute Gasteiger partial charge is 0.256 e. The van der Waals surface area contributed by atoms with Gasteiger partial charge >= 0.3 is 0 Å². The van der Waals surface area contributed by atoms with Gasteiger partial charge < -0.3 is 24.8 Å². The van der Waals surface area contributed by atoms with Crippen molar-refractivity contribution in [1.82, 2.24) is 4.90 Å². The topological polar surface area (TPSA) is 65.1 Å². The molecule has 40 heavy (non-hydrogen) atoms. The van der Waals surface area contributed by atoms with Gasteiger partial charge in [-0.3, -0.25) is 9.59 Å². The number of hydrogen-bond donors (Lipinski definition) is 1. The SMILES string of the molecule is COc1ccccc1N1CCN(c2ccc(NC(=O)c3cccc4ccccc34)cc2C(=O)N2CCCC2)CC1. The largest absolute Gasteiger partial charge is 0.495 e. The second-order valence-corrected chi connectivity index (χ2v) is 10.4. The average molecular weight is 535 g/mol. The second kappa shape index (κ2) is 11.3. The summed E-state index contributed by atoms with van der Waals surface area (Å²) in [4.78, 5) is 33.6. The molecule has 2 aliphatic heterocycles. The minimum atomic E-state index is -0.186. The highest BCUT2D eigenvalue weighted by Gasteiger charge is 2.27. The summed E-state index contributed by atoms with van der Waals surface area (Å²) in [6, 6.07) is 27.4. The highest BCUT2D eigenvalue weighted by molar-refractivity contribution is 6.13. The highest BCUT2D eigenvalue weighted by Crippen LogP contribution is 2.32. The number of methoxy groups -OCH3 is 1. The number of ether oxygens (including phenoxy) is 1. The molecular formula is C33H34N4O3. The van der Waals surface area contributed by atoms with E-state index in [1.54, 1.807) is 7.11 Å². The molecule has 204 valence electrons. The fourth-order valence-corrected chi connectivity index (χ4v) is 5.85. The van der Waals surface area contributed by atoms with Crippen molar-refractivity contribution < 1.29 is 14.3 Å². The van der Waals surface area contributed by atoms with E-state index in [2.05, 4.69) is 21.2 Å². The fourth-order valence-electron chi connectivity index (χ4n) is 5.85. The van der Waals surface area contributed by atoms with Gasteiger partial charge in [-0.2, -0.15) is 0 Å². The number of fused-ring (bicyclic) bond motifs is 1. The van der Waals surface area contributed by atoms with E-state index in [-0.39, 0.29) is 11.8 Å². The third-order valence-electron chi connectivity index (χ3n) is 7.96. The standard InChI is InChI=1S/C33H34N4O3/c1-40-31-14-5-4-13-30(31)36-21-19-35(20-22-36)29-16-15-25(23-28(29)33(39)37-17-6-7-18-37)34-32(38)27-12-8-10-24-9-2-3-11-26(24)27/h2-5,8-16,23H,6-7,17-22H2,1H3,(H,34,38). The number of rotatable bonds is 6. The number of carbonyl (C=O) groups is 2. The van der Waals surface area contributed by atoms with Crippen LogP contribution in [0.5, 0.6) is 5.75 Å². The van der Waals surface area contributed by atoms with Crippen LogP contribution in [0, 0.1) is 0 Å². The predicted octanol–water partition coefficient (Wildman–Crippen LogP) is 5.66. The highest BCUT2D eigenvalue weighted by atomic mass is 16.5. The Labute approximate surface area is 234 Å². The molecule has 6 rings (SSSR count). The predicted molar refractivity (Wildman–Crippen MR) is 161 cm³/mol. The van der Waals surface area contributed by atoms with Gasteiger partial charge in [0.05, 0.1) is 18.4 Å². The molecule has 2 aliphatic rings. The summed E-state index contributed by atoms with van der Waals surface area (Å²) < 4.78 is 5.58. The van der Waals surface area contributed by atoms with E-state index in [1.165, 1.54) is 0 Å². The molecule has 2 amide bonds. The van der Waals surface area contributed by atoms with E-state index in [0.29, 0.717) is 16.8 Å². The maximum absolute atomic E-state index is 13.7. The molecule has 0 atom stereocenters. The normalized spacial score (nSPS) is 15.4. The minimum Gasteiger partial charge on any atom is -0.495 e. The van der Waals surface area contributed by atoms with Crippen LogP contribution < -0.4 is 19.9 Å². The van der Waals surface area contributed by atoms with E-state index in [0.717, 1.165) is 80.0 Å². The molecule has 0 aromatic heterocycles. The summed E-state index contributed by atoms with van der Waals surface area (Å²) >= 11 is 0. The van der Waals surface area contributed by atoms with Crippen molar-refractivity contribution in [1.29, 1.82) is 0 Å². The van der Waals surface area contributed by atoms with Gasteiger partial charge in [0.25, 0.3) is 11.8 Å². The van der Waals surface area contributed by atoms with Gasteiger partial charge in [-0.05, 0) is 60.0 Å². The summed E-state index contributed by atoms with van der Waals surface area (Å²) in [6.07, 6.45) is 2.05. The van der Waals surface area contributed by atoms with Crippen molar-refractivity contribution in [2.45, 2.75) is 12.8 Å². The second-order valence-electron chi connectivity index (χ2n) is 10.4. The van der Waals surface area contributed by atoms with Crippen LogP contribution in [0.3, 0.4) is 0 Å². The molecule has 7 nitrogen and oxygen atoms in total. The van der Waals surface area contributed by atoms with Crippen LogP contribution in [0.15, 0.2) is 84.9 Å². The number of nitrogens with zero attached hydrogens (tertiary/aromatic N) is 3. The lowest BCUT2D eigenvalue weighted by Gasteiger charge is -2.38. The van der Waals surface area contributed by atoms with Gasteiger partial charge in [0, 0.05) is 56.2 Å². The molecule has 0 bridgehead atoms. The molecule has 4 aromatic rings. The Morgan fingerprint density at radius 1 is 0.700 bits per heavy atom. The lowest BCUT2D eigenvalue weighted by Crippen LogP contribution is -2.47. The molecule has 0 spiro atoms. The first-order chi connectivity index (χ1) is 19.6. The Morgan fingerprint density at radius 3 is 2.15 bits per heavy atom. The Bertz CT molecular complexity index is 1530. The Hall–Kier alpha value is -4.52. The van der Waals surface area contributed by atoms with Crippen LogP contribution in [0.2, 0.25) is 0 Å². The monoisotopic (exact) mass is 534 g/mol. The number of piperazine rings is 1. The lowest BCUT2D eigenvalue weighted by molar-refractivity contribution is 0.0793. The summed E-state index contributed by atoms with van der Waals surface area (Å²) in [7, 11) is 1.70. The first kappa shape index (κ1) is 25.7. The zero-order valence-electron chi connectivity index (χ0n) is 22.8. The van der Waals surface area contributed by atoms with Crippen LogP contribution in [-0.4, -0.2) is 63.1 Å². The van der Waals surface area contributed by atoms with Gasteiger partial charge in [0.15, 0.2) is 0 Å². The van der Waals surface area contributed by atoms with Crippen molar-refractivity contribution >= 4 is 39.6 Å². The van der Waals surface area contributed by atoms with Gasteiger partial charge in [-0.15, -0.1) is 0 Å². The number of amides is 2. The summed E-state index contributed by atoms with van der Waals surface area (Å²) in [5, 5.41) is 4.98. The van der Waals surface area contributed by atoms with Crippen LogP contribution in [0.25, 0.3) is 10.8 Å². The molecule has 1 N–H and O–H groups in total. The zero-order chi connectivity index (χ0) is 27.5. The third kappa shape index (κ3) is 5.07. The van der Waals surface area contributed by atoms with Crippen molar-refractivity contribution in [3.8, 4) is 5.75 Å². The number of hydrogen-bond acceptors (Lipinski definition) is 5. The maximum Gasteiger partial charge on any atom is 0.256 e. The molecule has 0 unspecified atom stereocenters. The van der Waals surface area contributed by atoms with E-state index < -0.39 is 0 Å². The maximum atomic E-state index is 13.7. The zero-order valence-corrected chi connectivity index (χ0v) is 22.8. The van der Waals surface area contributed by atoms with Gasteiger partial charge in [0.1, 0.15) is 5.75 Å². The molecule has 2 heterocycles. The molecular weight excluding hydrogens is 500 g/mol. The van der Waals surface area contributed by atoms with E-state index in [4.69, 9.17) is 4.74 Å². The third-order valence-corrected chi connectivity index (χ3v) is 7.96. The quantitative estimate of drug-likeness (QED) is 0.346. The first-order valence-corrected chi connectivity index (χ1v) is 14.0. The Balaban J connectivity index is 1.26. The van der Waals surface area contributed by atoms with Crippen LogP contribution in [0.4, 0.5) is 17.1 Å². The number of likely N-dealkylation sites (tertiary alicyclic amines) is 1. The fraction of sp³-hybridized carbons (Fsp3) is 0.273. The van der Waals surface area contributed by atoms with Crippen molar-refractivity contribution in [2.75, 3.05) is 61.5 Å². The average Bonchev–Trinajstić information content (AvgIpc) is 3.56. The summed E-state index contributed by atoms with van der Waals surface area (Å²) in [6.45, 7) is 4.73. The molecule has 0 saturated carbocycles. The minimum absolute atomic E-state index is 0.0286. The molecule has 0 aliphatic carbocycles. The molecule has 7 heteroatoms. The first-order valence-electron chi connectivity index (χ1n) is 14.0. The summed E-state index contributed by atoms with van der Waals surface area (Å²) in [5.74, 6) is 0.711. The van der Waals surface area contributed by atoms with Crippen molar-refractivity contribution in [3.05, 3.63) is 96.1 Å². The molecule has 0 radical (unpaired) electrons. The Morgan fingerprint density at radius 2 is 1.38 bits per heavy atom. The summed E-state index contributed by atoms with van der Waals surface area (Å²) in [5.41, 5.74) is 3.88. The lowest BCUT2D eigenvalue weighted by atomic mass is 10.0.